The molecule has 0 N–H and O–H groups in total. The molecule has 0 aliphatic heterocycles. The van der Waals surface area contributed by atoms with Crippen LogP contribution in [0.5, 0.6) is 0 Å². The normalized spacial score (nSPS) is 15.9. The van der Waals surface area contributed by atoms with Gasteiger partial charge in [0.1, 0.15) is 5.38 Å². The van der Waals surface area contributed by atoms with Crippen LogP contribution in [0.1, 0.15) is 16.5 Å². The third-order valence-corrected chi connectivity index (χ3v) is 3.65. The first kappa shape index (κ1) is 20.9. The molecule has 0 bridgehead atoms. The van der Waals surface area contributed by atoms with E-state index >= 15 is 0 Å². The van der Waals surface area contributed by atoms with Crippen LogP contribution >= 0.6 is 11.6 Å². The molecule has 0 aromatic heterocycles. The van der Waals surface area contributed by atoms with E-state index in [2.05, 4.69) is 4.79 Å². The zero-order chi connectivity index (χ0) is 13.6. The van der Waals surface area contributed by atoms with Gasteiger partial charge in [0.15, 0.2) is 0 Å². The van der Waals surface area contributed by atoms with Crippen LogP contribution in [0.3, 0.4) is 0 Å². The molecule has 1 atom stereocenters. The van der Waals surface area contributed by atoms with Crippen molar-refractivity contribution in [3.8, 4) is 0 Å². The van der Waals surface area contributed by atoms with E-state index in [9.17, 15) is 9.59 Å². The van der Waals surface area contributed by atoms with Gasteiger partial charge in [-0.2, -0.15) is 4.79 Å². The number of rotatable bonds is 0. The van der Waals surface area contributed by atoms with Crippen molar-refractivity contribution in [3.05, 3.63) is 53.1 Å². The zero-order valence-electron chi connectivity index (χ0n) is 11.1. The minimum Gasteiger partial charge on any atom is -1.00 e. The SMILES string of the molecule is [Cl-].[Cl-].[N-]=[N+]=C1C(=O)C(=O)C(Cl)c2cc3ccccc3cc21.[Zn+2]. The van der Waals surface area contributed by atoms with Crippen LogP contribution in [0.25, 0.3) is 16.3 Å². The summed E-state index contributed by atoms with van der Waals surface area (Å²) < 4.78 is 0. The third kappa shape index (κ3) is 3.15. The van der Waals surface area contributed by atoms with Crippen molar-refractivity contribution in [3.63, 3.8) is 0 Å². The number of hydrogen-bond acceptors (Lipinski definition) is 2. The number of alkyl halides is 1. The van der Waals surface area contributed by atoms with Crippen LogP contribution in [0, 0.1) is 0 Å². The van der Waals surface area contributed by atoms with Crippen molar-refractivity contribution in [2.45, 2.75) is 5.38 Å². The molecular weight excluding hydrogens is 400 g/mol. The Labute approximate surface area is 156 Å². The molecule has 22 heavy (non-hydrogen) atoms. The molecule has 8 heteroatoms. The molecule has 2 aromatic rings. The second-order valence-corrected chi connectivity index (χ2v) is 4.73. The first-order valence-corrected chi connectivity index (χ1v) is 6.05. The summed E-state index contributed by atoms with van der Waals surface area (Å²) in [5.74, 6) is -1.62. The van der Waals surface area contributed by atoms with E-state index in [0.29, 0.717) is 11.1 Å². The predicted molar refractivity (Wildman–Crippen MR) is 70.3 cm³/mol. The van der Waals surface area contributed by atoms with E-state index in [4.69, 9.17) is 17.1 Å². The zero-order valence-corrected chi connectivity index (χ0v) is 16.3. The maximum Gasteiger partial charge on any atom is 2.00 e. The third-order valence-electron chi connectivity index (χ3n) is 3.22. The summed E-state index contributed by atoms with van der Waals surface area (Å²) >= 11 is 6.01. The maximum atomic E-state index is 11.7. The monoisotopic (exact) mass is 404 g/mol. The van der Waals surface area contributed by atoms with Gasteiger partial charge in [0.25, 0.3) is 0 Å². The molecule has 0 amide bonds. The molecule has 108 valence electrons. The van der Waals surface area contributed by atoms with Crippen LogP contribution in [0.2, 0.25) is 0 Å². The van der Waals surface area contributed by atoms with Crippen molar-refractivity contribution in [1.82, 2.24) is 0 Å². The van der Waals surface area contributed by atoms with Crippen molar-refractivity contribution in [1.29, 1.82) is 0 Å². The number of fused-ring (bicyclic) bond motifs is 2. The van der Waals surface area contributed by atoms with Gasteiger partial charge >= 0.3 is 31.0 Å². The van der Waals surface area contributed by atoms with Crippen LogP contribution < -0.4 is 24.8 Å². The first-order valence-electron chi connectivity index (χ1n) is 5.61. The number of carbonyl (C=O) groups excluding carboxylic acids is 2. The number of benzene rings is 2. The molecule has 0 radical (unpaired) electrons. The molecule has 0 fully saturated rings. The van der Waals surface area contributed by atoms with Gasteiger partial charge in [0, 0.05) is 0 Å². The Morgan fingerprint density at radius 3 is 2.14 bits per heavy atom. The number of carbonyl (C=O) groups is 2. The Morgan fingerprint density at radius 2 is 1.59 bits per heavy atom. The van der Waals surface area contributed by atoms with Gasteiger partial charge in [-0.15, -0.1) is 11.6 Å². The van der Waals surface area contributed by atoms with E-state index in [0.717, 1.165) is 10.8 Å². The van der Waals surface area contributed by atoms with E-state index in [-0.39, 0.29) is 50.0 Å². The molecule has 0 saturated carbocycles. The van der Waals surface area contributed by atoms with Gasteiger partial charge in [-0.1, -0.05) is 24.3 Å². The molecule has 3 rings (SSSR count). The number of hydrogen-bond donors (Lipinski definition) is 0. The number of Topliss-reactive ketones (excluding diaryl/α,β-unsaturated/α-hetero) is 2. The summed E-state index contributed by atoms with van der Waals surface area (Å²) in [4.78, 5) is 26.4. The molecule has 1 aliphatic rings. The second-order valence-electron chi connectivity index (χ2n) is 4.29. The van der Waals surface area contributed by atoms with Gasteiger partial charge in [0.2, 0.25) is 5.78 Å². The van der Waals surface area contributed by atoms with Gasteiger partial charge in [-0.25, -0.2) is 0 Å². The summed E-state index contributed by atoms with van der Waals surface area (Å²) in [6.07, 6.45) is 0. The summed E-state index contributed by atoms with van der Waals surface area (Å²) in [6, 6.07) is 10.9. The van der Waals surface area contributed by atoms with Crippen LogP contribution in [0.15, 0.2) is 36.4 Å². The number of nitrogens with zero attached hydrogens (tertiary/aromatic N) is 2. The Balaban J connectivity index is 0.00000147. The fourth-order valence-corrected chi connectivity index (χ4v) is 2.55. The van der Waals surface area contributed by atoms with E-state index < -0.39 is 16.9 Å². The Kier molecular flexibility index (Phi) is 7.57. The quantitative estimate of drug-likeness (QED) is 0.148. The summed E-state index contributed by atoms with van der Waals surface area (Å²) in [5, 5.41) is 0.761. The van der Waals surface area contributed by atoms with Crippen molar-refractivity contribution in [2.24, 2.45) is 0 Å². The largest absolute Gasteiger partial charge is 2.00 e. The molecule has 1 aliphatic carbocycles. The minimum atomic E-state index is -1.03. The van der Waals surface area contributed by atoms with E-state index in [1.165, 1.54) is 0 Å². The average molecular weight is 407 g/mol. The maximum absolute atomic E-state index is 11.7. The van der Waals surface area contributed by atoms with Crippen molar-refractivity contribution in [2.75, 3.05) is 0 Å². The Bertz CT molecular complexity index is 804. The Morgan fingerprint density at radius 1 is 1.05 bits per heavy atom. The van der Waals surface area contributed by atoms with Crippen LogP contribution in [-0.4, -0.2) is 22.1 Å². The van der Waals surface area contributed by atoms with Gasteiger partial charge in [0.05, 0.1) is 5.56 Å². The Hall–Kier alpha value is -1.09. The molecular formula is C14H7Cl3N2O2Zn. The molecule has 0 saturated heterocycles. The minimum absolute atomic E-state index is 0. The molecule has 1 unspecified atom stereocenters. The molecule has 4 nitrogen and oxygen atoms in total. The summed E-state index contributed by atoms with van der Waals surface area (Å²) in [5.41, 5.74) is 9.61. The van der Waals surface area contributed by atoms with Gasteiger partial charge in [-0.3, -0.25) is 9.59 Å². The molecule has 0 heterocycles. The molecule has 2 aromatic carbocycles. The van der Waals surface area contributed by atoms with Crippen LogP contribution in [0.4, 0.5) is 0 Å². The van der Waals surface area contributed by atoms with Crippen molar-refractivity contribution >= 4 is 39.7 Å². The van der Waals surface area contributed by atoms with Gasteiger partial charge < -0.3 is 30.3 Å². The van der Waals surface area contributed by atoms with E-state index in [1.807, 2.05) is 24.3 Å². The van der Waals surface area contributed by atoms with Crippen LogP contribution in [-0.2, 0) is 29.1 Å². The number of ketones is 2. The standard InChI is InChI=1S/C14H7ClN2O2.2ClH.Zn/c15-11-9-5-7-3-1-2-4-8(7)6-10(9)12(17-16)14(19)13(11)18;;;/h1-6,11H;2*1H;/q;;;+2/p-2. The molecule has 0 spiro atoms. The summed E-state index contributed by atoms with van der Waals surface area (Å²) in [7, 11) is 0. The summed E-state index contributed by atoms with van der Waals surface area (Å²) in [6.45, 7) is 0. The van der Waals surface area contributed by atoms with Crippen molar-refractivity contribution < 1.29 is 58.7 Å². The van der Waals surface area contributed by atoms with Gasteiger partial charge in [-0.05, 0) is 28.5 Å². The smallest absolute Gasteiger partial charge is 1.00 e. The average Bonchev–Trinajstić information content (AvgIpc) is 2.44. The first-order chi connectivity index (χ1) is 9.13. The fourth-order valence-electron chi connectivity index (χ4n) is 2.27. The second kappa shape index (κ2) is 7.96. The number of halogens is 3. The van der Waals surface area contributed by atoms with E-state index in [1.54, 1.807) is 12.1 Å². The topological polar surface area (TPSA) is 70.5 Å². The predicted octanol–water partition coefficient (Wildman–Crippen LogP) is -3.70. The fraction of sp³-hybridized carbons (Fsp3) is 0.0714.